The van der Waals surface area contributed by atoms with Gasteiger partial charge in [-0.2, -0.15) is 0 Å². The molecule has 1 aromatic heterocycles. The van der Waals surface area contributed by atoms with E-state index in [0.717, 1.165) is 37.3 Å². The predicted molar refractivity (Wildman–Crippen MR) is 58.0 cm³/mol. The molecule has 1 fully saturated rings. The van der Waals surface area contributed by atoms with Crippen LogP contribution in [0.2, 0.25) is 0 Å². The number of aromatic nitrogens is 1. The number of oxazole rings is 1. The highest BCUT2D eigenvalue weighted by Crippen LogP contribution is 2.35. The van der Waals surface area contributed by atoms with Crippen molar-refractivity contribution >= 4 is 5.97 Å². The molecule has 2 rings (SSSR count). The molecule has 0 saturated heterocycles. The zero-order valence-corrected chi connectivity index (χ0v) is 9.73. The molecule has 0 atom stereocenters. The average Bonchev–Trinajstić information content (AvgIpc) is 2.75. The van der Waals surface area contributed by atoms with Crippen LogP contribution in [-0.4, -0.2) is 18.1 Å². The first-order chi connectivity index (χ1) is 7.70. The fourth-order valence-electron chi connectivity index (χ4n) is 2.30. The predicted octanol–water partition coefficient (Wildman–Crippen LogP) is 2.43. The van der Waals surface area contributed by atoms with E-state index in [2.05, 4.69) is 4.98 Å². The molecule has 0 N–H and O–H groups in total. The second-order valence-corrected chi connectivity index (χ2v) is 4.40. The summed E-state index contributed by atoms with van der Waals surface area (Å²) >= 11 is 0. The van der Waals surface area contributed by atoms with Crippen LogP contribution in [0.5, 0.6) is 0 Å². The molecule has 1 heterocycles. The topological polar surface area (TPSA) is 52.3 Å². The van der Waals surface area contributed by atoms with Crippen molar-refractivity contribution in [3.8, 4) is 0 Å². The van der Waals surface area contributed by atoms with Gasteiger partial charge in [-0.15, -0.1) is 0 Å². The number of rotatable bonds is 2. The minimum absolute atomic E-state index is 0.0670. The quantitative estimate of drug-likeness (QED) is 0.722. The van der Waals surface area contributed by atoms with E-state index in [9.17, 15) is 4.79 Å². The van der Waals surface area contributed by atoms with Crippen LogP contribution in [0.3, 0.4) is 0 Å². The molecule has 1 aromatic rings. The Balaban J connectivity index is 1.92. The van der Waals surface area contributed by atoms with Crippen LogP contribution in [0.4, 0.5) is 0 Å². The van der Waals surface area contributed by atoms with Crippen LogP contribution in [-0.2, 0) is 9.53 Å². The van der Waals surface area contributed by atoms with Gasteiger partial charge in [0.25, 0.3) is 0 Å². The summed E-state index contributed by atoms with van der Waals surface area (Å²) in [6, 6.07) is 0. The number of carbonyl (C=O) groups excluding carboxylic acids is 1. The number of carbonyl (C=O) groups is 1. The summed E-state index contributed by atoms with van der Waals surface area (Å²) < 4.78 is 10.2. The highest BCUT2D eigenvalue weighted by Gasteiger charge is 2.29. The number of nitrogens with zero attached hydrogens (tertiary/aromatic N) is 1. The summed E-state index contributed by atoms with van der Waals surface area (Å²) in [4.78, 5) is 15.7. The minimum atomic E-state index is -0.0814. The number of methoxy groups -OCH3 is 1. The molecule has 1 aliphatic carbocycles. The van der Waals surface area contributed by atoms with Crippen LogP contribution in [0.1, 0.15) is 43.2 Å². The Morgan fingerprint density at radius 3 is 2.62 bits per heavy atom. The van der Waals surface area contributed by atoms with E-state index in [1.807, 2.05) is 6.92 Å². The van der Waals surface area contributed by atoms with Crippen molar-refractivity contribution in [1.82, 2.24) is 4.98 Å². The zero-order valence-electron chi connectivity index (χ0n) is 9.73. The first-order valence-electron chi connectivity index (χ1n) is 5.70. The smallest absolute Gasteiger partial charge is 0.308 e. The van der Waals surface area contributed by atoms with Crippen molar-refractivity contribution in [2.24, 2.45) is 5.92 Å². The third-order valence-electron chi connectivity index (χ3n) is 3.25. The van der Waals surface area contributed by atoms with Gasteiger partial charge in [0.15, 0.2) is 5.89 Å². The van der Waals surface area contributed by atoms with E-state index in [1.165, 1.54) is 7.11 Å². The van der Waals surface area contributed by atoms with Crippen molar-refractivity contribution in [2.75, 3.05) is 7.11 Å². The van der Waals surface area contributed by atoms with E-state index in [1.54, 1.807) is 6.26 Å². The van der Waals surface area contributed by atoms with Crippen molar-refractivity contribution in [3.63, 3.8) is 0 Å². The summed E-state index contributed by atoms with van der Waals surface area (Å²) in [6.45, 7) is 1.92. The summed E-state index contributed by atoms with van der Waals surface area (Å²) in [5.74, 6) is 1.18. The van der Waals surface area contributed by atoms with Gasteiger partial charge >= 0.3 is 5.97 Å². The van der Waals surface area contributed by atoms with Gasteiger partial charge in [-0.05, 0) is 32.6 Å². The molecule has 88 valence electrons. The molecule has 0 unspecified atom stereocenters. The summed E-state index contributed by atoms with van der Waals surface area (Å²) in [5, 5.41) is 0. The third kappa shape index (κ3) is 2.26. The van der Waals surface area contributed by atoms with Crippen LogP contribution in [0.15, 0.2) is 10.7 Å². The van der Waals surface area contributed by atoms with Gasteiger partial charge in [-0.1, -0.05) is 0 Å². The highest BCUT2D eigenvalue weighted by molar-refractivity contribution is 5.72. The van der Waals surface area contributed by atoms with E-state index in [0.29, 0.717) is 5.92 Å². The van der Waals surface area contributed by atoms with Gasteiger partial charge in [0, 0.05) is 5.92 Å². The normalized spacial score (nSPS) is 25.4. The molecule has 0 radical (unpaired) electrons. The van der Waals surface area contributed by atoms with E-state index in [4.69, 9.17) is 9.15 Å². The first kappa shape index (κ1) is 11.2. The second-order valence-electron chi connectivity index (χ2n) is 4.40. The average molecular weight is 223 g/mol. The summed E-state index contributed by atoms with van der Waals surface area (Å²) in [5.41, 5.74) is 0.921. The van der Waals surface area contributed by atoms with Crippen molar-refractivity contribution in [2.45, 2.75) is 38.5 Å². The molecule has 0 aliphatic heterocycles. The largest absolute Gasteiger partial charge is 0.469 e. The Labute approximate surface area is 95.0 Å². The zero-order chi connectivity index (χ0) is 11.5. The lowest BCUT2D eigenvalue weighted by Crippen LogP contribution is -2.22. The number of hydrogen-bond acceptors (Lipinski definition) is 4. The van der Waals surface area contributed by atoms with Crippen LogP contribution < -0.4 is 0 Å². The van der Waals surface area contributed by atoms with Crippen LogP contribution >= 0.6 is 0 Å². The molecular formula is C12H17NO3. The molecule has 0 amide bonds. The van der Waals surface area contributed by atoms with Crippen molar-refractivity contribution in [3.05, 3.63) is 17.8 Å². The number of hydrogen-bond donors (Lipinski definition) is 0. The molecule has 0 spiro atoms. The standard InChI is InChI=1S/C12H17NO3/c1-8-7-16-11(13-8)9-3-5-10(6-4-9)12(14)15-2/h7,9-10H,3-6H2,1-2H3/t9-,10-. The second kappa shape index (κ2) is 4.68. The van der Waals surface area contributed by atoms with Gasteiger partial charge in [0.05, 0.1) is 18.7 Å². The van der Waals surface area contributed by atoms with Gasteiger partial charge < -0.3 is 9.15 Å². The maximum Gasteiger partial charge on any atom is 0.308 e. The lowest BCUT2D eigenvalue weighted by Gasteiger charge is -2.24. The third-order valence-corrected chi connectivity index (χ3v) is 3.25. The Bertz CT molecular complexity index is 364. The molecule has 1 saturated carbocycles. The fourth-order valence-corrected chi connectivity index (χ4v) is 2.30. The Morgan fingerprint density at radius 1 is 1.44 bits per heavy atom. The number of ether oxygens (including phenoxy) is 1. The van der Waals surface area contributed by atoms with Crippen LogP contribution in [0, 0.1) is 12.8 Å². The van der Waals surface area contributed by atoms with Crippen molar-refractivity contribution in [1.29, 1.82) is 0 Å². The maximum atomic E-state index is 11.4. The maximum absolute atomic E-state index is 11.4. The minimum Gasteiger partial charge on any atom is -0.469 e. The summed E-state index contributed by atoms with van der Waals surface area (Å²) in [7, 11) is 1.45. The summed E-state index contributed by atoms with van der Waals surface area (Å²) in [6.07, 6.45) is 5.35. The molecule has 16 heavy (non-hydrogen) atoms. The highest BCUT2D eigenvalue weighted by atomic mass is 16.5. The Kier molecular flexibility index (Phi) is 3.27. The lowest BCUT2D eigenvalue weighted by atomic mass is 9.82. The van der Waals surface area contributed by atoms with Crippen molar-refractivity contribution < 1.29 is 13.9 Å². The molecule has 0 aromatic carbocycles. The number of esters is 1. The Morgan fingerprint density at radius 2 is 2.12 bits per heavy atom. The van der Waals surface area contributed by atoms with Gasteiger partial charge in [0.1, 0.15) is 6.26 Å². The van der Waals surface area contributed by atoms with Gasteiger partial charge in [-0.3, -0.25) is 4.79 Å². The lowest BCUT2D eigenvalue weighted by molar-refractivity contribution is -0.146. The van der Waals surface area contributed by atoms with Gasteiger partial charge in [-0.25, -0.2) is 4.98 Å². The van der Waals surface area contributed by atoms with E-state index >= 15 is 0 Å². The SMILES string of the molecule is COC(=O)[C@H]1CC[C@H](c2nc(C)co2)CC1. The van der Waals surface area contributed by atoms with Gasteiger partial charge in [0.2, 0.25) is 0 Å². The van der Waals surface area contributed by atoms with E-state index in [-0.39, 0.29) is 11.9 Å². The van der Waals surface area contributed by atoms with Crippen LogP contribution in [0.25, 0.3) is 0 Å². The molecular weight excluding hydrogens is 206 g/mol. The monoisotopic (exact) mass is 223 g/mol. The number of aryl methyl sites for hydroxylation is 1. The first-order valence-corrected chi connectivity index (χ1v) is 5.70. The van der Waals surface area contributed by atoms with E-state index < -0.39 is 0 Å². The molecule has 4 nitrogen and oxygen atoms in total. The fraction of sp³-hybridized carbons (Fsp3) is 0.667. The molecule has 0 bridgehead atoms. The Hall–Kier alpha value is -1.32. The molecule has 1 aliphatic rings. The molecule has 4 heteroatoms.